The van der Waals surface area contributed by atoms with Gasteiger partial charge < -0.3 is 0 Å². The zero-order valence-electron chi connectivity index (χ0n) is 52.4. The van der Waals surface area contributed by atoms with Gasteiger partial charge in [0.15, 0.2) is 0 Å². The molecule has 396 valence electrons. The van der Waals surface area contributed by atoms with Gasteiger partial charge in [-0.25, -0.2) is 0 Å². The van der Waals surface area contributed by atoms with E-state index in [-0.39, 0.29) is 10.8 Å². The molecule has 0 N–H and O–H groups in total. The molecular weight excluding hydrogens is 1110 g/mol. The molecule has 1 aliphatic heterocycles. The first-order valence-corrected chi connectivity index (χ1v) is 67.4. The number of hydrogen-bond acceptors (Lipinski definition) is 0. The quantitative estimate of drug-likeness (QED) is 0.0981. The molecule has 0 spiro atoms. The van der Waals surface area contributed by atoms with Gasteiger partial charge in [-0.3, -0.25) is 0 Å². The molecule has 0 unspecified atom stereocenters. The Bertz CT molecular complexity index is 2320. The summed E-state index contributed by atoms with van der Waals surface area (Å²) in [5.74, 6) is 0. The van der Waals surface area contributed by atoms with Crippen molar-refractivity contribution in [3.63, 3.8) is 0 Å². The van der Waals surface area contributed by atoms with Crippen molar-refractivity contribution in [2.45, 2.75) is 230 Å². The molecule has 4 aromatic carbocycles. The Morgan fingerprint density at radius 3 is 0.625 bits per heavy atom. The fourth-order valence-corrected chi connectivity index (χ4v) is 102. The fourth-order valence-electron chi connectivity index (χ4n) is 15.4. The summed E-state index contributed by atoms with van der Waals surface area (Å²) >= 11 is -5.05. The predicted octanol–water partition coefficient (Wildman–Crippen LogP) is 18.5. The van der Waals surface area contributed by atoms with Gasteiger partial charge in [-0.1, -0.05) is 0 Å². The van der Waals surface area contributed by atoms with Gasteiger partial charge in [-0.05, 0) is 0 Å². The first-order valence-electron chi connectivity index (χ1n) is 28.1. The Morgan fingerprint density at radius 2 is 0.472 bits per heavy atom. The molecular formula is C62H108Ge2Si8. The summed E-state index contributed by atoms with van der Waals surface area (Å²) in [6.45, 7) is 81.6. The molecule has 0 amide bonds. The summed E-state index contributed by atoms with van der Waals surface area (Å²) in [5.41, 5.74) is 13.9. The first kappa shape index (κ1) is 62.3. The molecule has 0 fully saturated rings. The third kappa shape index (κ3) is 13.5. The van der Waals surface area contributed by atoms with Crippen LogP contribution in [0.15, 0.2) is 84.9 Å². The molecule has 4 aromatic rings. The minimum absolute atomic E-state index is 0.0541. The van der Waals surface area contributed by atoms with E-state index in [1.807, 2.05) is 39.9 Å². The van der Waals surface area contributed by atoms with Crippen molar-refractivity contribution >= 4 is 106 Å². The molecule has 10 heteroatoms. The molecule has 5 rings (SSSR count). The van der Waals surface area contributed by atoms with Crippen LogP contribution < -0.4 is 8.79 Å². The Kier molecular flexibility index (Phi) is 18.1. The molecule has 0 bridgehead atoms. The van der Waals surface area contributed by atoms with Gasteiger partial charge in [-0.2, -0.15) is 0 Å². The molecule has 0 saturated carbocycles. The van der Waals surface area contributed by atoms with Crippen LogP contribution in [-0.2, 0) is 10.8 Å². The van der Waals surface area contributed by atoms with Gasteiger partial charge in [0, 0.05) is 0 Å². The van der Waals surface area contributed by atoms with Crippen molar-refractivity contribution in [2.24, 2.45) is 0 Å². The van der Waals surface area contributed by atoms with E-state index < -0.39 is 88.3 Å². The standard InChI is InChI=1S/C62H108Ge2Si8/c1-61(2,3)47-41-49(57(65(7,8)9)66(10,11)12)55(50(42-47)58(67(13,14)15)68(16,17)18)63-53(45-37-33-31-34-38-45)54(46-39-35-32-36-40-46)64(63)56-51(59(69(19,20)21)70(22,23)24)43-48(62(4,5)6)44-52(56)60(71(25,26)27)72(28,29)30/h31-44,57-60H,1-30H3. The number of hydrogen-bond donors (Lipinski definition) is 0. The van der Waals surface area contributed by atoms with E-state index in [2.05, 4.69) is 284 Å². The zero-order chi connectivity index (χ0) is 55.3. The molecule has 1 aliphatic rings. The second-order valence-corrected chi connectivity index (χ2v) is 96.5. The summed E-state index contributed by atoms with van der Waals surface area (Å²) in [6.07, 6.45) is 0. The van der Waals surface area contributed by atoms with Crippen LogP contribution in [0.5, 0.6) is 0 Å². The average molecular weight is 1220 g/mol. The van der Waals surface area contributed by atoms with Gasteiger partial charge in [-0.15, -0.1) is 0 Å². The Morgan fingerprint density at radius 1 is 0.292 bits per heavy atom. The van der Waals surface area contributed by atoms with Gasteiger partial charge in [0.1, 0.15) is 0 Å². The van der Waals surface area contributed by atoms with E-state index >= 15 is 0 Å². The Balaban J connectivity index is 2.43. The molecule has 1 heterocycles. The van der Waals surface area contributed by atoms with E-state index in [1.54, 1.807) is 22.3 Å². The zero-order valence-corrected chi connectivity index (χ0v) is 64.6. The predicted molar refractivity (Wildman–Crippen MR) is 358 cm³/mol. The van der Waals surface area contributed by atoms with Crippen molar-refractivity contribution in [1.29, 1.82) is 0 Å². The van der Waals surface area contributed by atoms with Crippen molar-refractivity contribution in [3.8, 4) is 0 Å². The first-order chi connectivity index (χ1) is 32.1. The average Bonchev–Trinajstić information content (AvgIpc) is 3.11. The maximum absolute atomic E-state index is 2.94. The van der Waals surface area contributed by atoms with E-state index in [9.17, 15) is 0 Å². The normalized spacial score (nSPS) is 15.5. The van der Waals surface area contributed by atoms with Crippen LogP contribution in [0, 0.1) is 0 Å². The molecule has 0 aliphatic carbocycles. The molecule has 0 atom stereocenters. The second kappa shape index (κ2) is 20.9. The van der Waals surface area contributed by atoms with E-state index in [1.165, 1.54) is 0 Å². The van der Waals surface area contributed by atoms with Crippen molar-refractivity contribution in [2.75, 3.05) is 0 Å². The van der Waals surface area contributed by atoms with Crippen molar-refractivity contribution in [3.05, 3.63) is 129 Å². The number of benzene rings is 4. The van der Waals surface area contributed by atoms with E-state index in [0.717, 1.165) is 0 Å². The summed E-state index contributed by atoms with van der Waals surface area (Å²) in [5, 5.41) is 2.66. The molecule has 0 saturated heterocycles. The molecule has 0 radical (unpaired) electrons. The van der Waals surface area contributed by atoms with Crippen LogP contribution in [0.2, 0.25) is 157 Å². The van der Waals surface area contributed by atoms with Crippen LogP contribution in [-0.4, -0.2) is 88.3 Å². The topological polar surface area (TPSA) is 0 Å². The van der Waals surface area contributed by atoms with Crippen LogP contribution in [0.3, 0.4) is 0 Å². The molecule has 0 aromatic heterocycles. The SMILES string of the molecule is CC(C)(C)c1cc(C([Si](C)(C)C)[Si](C)(C)C)[c]([Ge]2=[Ge]([c]3c(C([Si](C)(C)C)[Si](C)(C)C)cc(C(C)(C)C)cc3C([Si](C)(C)C)[Si](C)(C)C)[C](c3ccccc3)=[C]2c2ccccc2)c(C([Si](C)(C)C)[Si](C)(C)C)c1. The second-order valence-electron chi connectivity index (χ2n) is 33.5. The van der Waals surface area contributed by atoms with Crippen molar-refractivity contribution < 1.29 is 0 Å². The Labute approximate surface area is 461 Å². The van der Waals surface area contributed by atoms with E-state index in [4.69, 9.17) is 0 Å². The molecule has 0 nitrogen and oxygen atoms in total. The van der Waals surface area contributed by atoms with Crippen LogP contribution >= 0.6 is 0 Å². The number of rotatable bonds is 16. The summed E-state index contributed by atoms with van der Waals surface area (Å²) in [6, 6.07) is 36.1. The van der Waals surface area contributed by atoms with Crippen molar-refractivity contribution in [1.82, 2.24) is 0 Å². The van der Waals surface area contributed by atoms with E-state index in [0.29, 0.717) is 20.7 Å². The summed E-state index contributed by atoms with van der Waals surface area (Å²) < 4.78 is 7.75. The maximum atomic E-state index is 2.94. The van der Waals surface area contributed by atoms with Gasteiger partial charge in [0.2, 0.25) is 0 Å². The van der Waals surface area contributed by atoms with Crippen LogP contribution in [0.25, 0.3) is 8.81 Å². The monoisotopic (exact) mass is 1220 g/mol. The Hall–Kier alpha value is -0.559. The summed E-state index contributed by atoms with van der Waals surface area (Å²) in [7, 11) is -14.3. The van der Waals surface area contributed by atoms with Crippen LogP contribution in [0.1, 0.15) is 107 Å². The third-order valence-electron chi connectivity index (χ3n) is 15.9. The van der Waals surface area contributed by atoms with Crippen LogP contribution in [0.4, 0.5) is 0 Å². The third-order valence-corrected chi connectivity index (χ3v) is 80.4. The van der Waals surface area contributed by atoms with Gasteiger partial charge in [0.05, 0.1) is 0 Å². The fraction of sp³-hybridized carbons (Fsp3) is 0.581. The summed E-state index contributed by atoms with van der Waals surface area (Å²) in [4.78, 5) is 0. The van der Waals surface area contributed by atoms with Gasteiger partial charge in [0.25, 0.3) is 0 Å². The minimum atomic E-state index is -2.52. The molecule has 72 heavy (non-hydrogen) atoms. The van der Waals surface area contributed by atoms with Gasteiger partial charge >= 0.3 is 465 Å².